The highest BCUT2D eigenvalue weighted by molar-refractivity contribution is 7.23. The maximum absolute atomic E-state index is 6.78. The van der Waals surface area contributed by atoms with Gasteiger partial charge >= 0.3 is 0 Å². The molecule has 4 heteroatoms. The average Bonchev–Trinajstić information content (AvgIpc) is 3.50. The van der Waals surface area contributed by atoms with E-state index in [9.17, 15) is 0 Å². The van der Waals surface area contributed by atoms with Gasteiger partial charge in [-0.1, -0.05) is 72.8 Å². The van der Waals surface area contributed by atoms with E-state index in [4.69, 9.17) is 13.9 Å². The summed E-state index contributed by atoms with van der Waals surface area (Å²) >= 11 is 1.77. The van der Waals surface area contributed by atoms with Crippen LogP contribution in [0.5, 0.6) is 11.5 Å². The first-order valence-corrected chi connectivity index (χ1v) is 12.6. The van der Waals surface area contributed by atoms with Gasteiger partial charge in [0.25, 0.3) is 0 Å². The van der Waals surface area contributed by atoms with Crippen molar-refractivity contribution in [1.29, 1.82) is 0 Å². The summed E-state index contributed by atoms with van der Waals surface area (Å²) in [6, 6.07) is 37.2. The van der Waals surface area contributed by atoms with Gasteiger partial charge < -0.3 is 13.9 Å². The highest BCUT2D eigenvalue weighted by Gasteiger charge is 2.26. The van der Waals surface area contributed by atoms with Crippen LogP contribution in [0.2, 0.25) is 0 Å². The molecule has 36 heavy (non-hydrogen) atoms. The van der Waals surface area contributed by atoms with Gasteiger partial charge in [0.2, 0.25) is 0 Å². The number of thiophene rings is 1. The first kappa shape index (κ1) is 22.2. The molecule has 3 nitrogen and oxygen atoms in total. The third-order valence-electron chi connectivity index (χ3n) is 6.35. The monoisotopic (exact) mass is 488 g/mol. The van der Waals surface area contributed by atoms with Crippen LogP contribution in [-0.2, 0) is 0 Å². The number of ether oxygens (including phenoxy) is 2. The summed E-state index contributed by atoms with van der Waals surface area (Å²) in [5, 5.41) is 0. The Balaban J connectivity index is 1.67. The molecule has 0 N–H and O–H groups in total. The van der Waals surface area contributed by atoms with Gasteiger partial charge in [0, 0.05) is 21.6 Å². The third kappa shape index (κ3) is 3.86. The van der Waals surface area contributed by atoms with Crippen LogP contribution in [0.3, 0.4) is 0 Å². The number of hydrogen-bond acceptors (Lipinski definition) is 4. The Morgan fingerprint density at radius 1 is 0.528 bits per heavy atom. The van der Waals surface area contributed by atoms with Crippen molar-refractivity contribution in [2.24, 2.45) is 0 Å². The van der Waals surface area contributed by atoms with Crippen LogP contribution < -0.4 is 9.47 Å². The molecule has 2 aromatic heterocycles. The first-order valence-electron chi connectivity index (χ1n) is 11.8. The molecular formula is C32H24O3S. The smallest absolute Gasteiger partial charge is 0.154 e. The molecule has 6 aromatic rings. The molecule has 0 atom stereocenters. The second kappa shape index (κ2) is 9.40. The molecule has 0 aliphatic rings. The van der Waals surface area contributed by atoms with Crippen LogP contribution in [-0.4, -0.2) is 14.2 Å². The Bertz CT molecular complexity index is 1610. The number of furan rings is 1. The molecule has 4 aromatic carbocycles. The molecule has 0 amide bonds. The summed E-state index contributed by atoms with van der Waals surface area (Å²) < 4.78 is 18.7. The average molecular weight is 489 g/mol. The zero-order valence-electron chi connectivity index (χ0n) is 20.0. The van der Waals surface area contributed by atoms with Gasteiger partial charge in [-0.15, -0.1) is 11.3 Å². The van der Waals surface area contributed by atoms with Crippen LogP contribution in [0.25, 0.3) is 54.3 Å². The van der Waals surface area contributed by atoms with E-state index >= 15 is 0 Å². The van der Waals surface area contributed by atoms with Crippen molar-refractivity contribution in [2.45, 2.75) is 0 Å². The van der Waals surface area contributed by atoms with E-state index in [2.05, 4.69) is 60.7 Å². The molecule has 0 fully saturated rings. The summed E-state index contributed by atoms with van der Waals surface area (Å²) in [6.45, 7) is 0. The van der Waals surface area contributed by atoms with Crippen molar-refractivity contribution >= 4 is 21.6 Å². The number of hydrogen-bond donors (Lipinski definition) is 0. The second-order valence-corrected chi connectivity index (χ2v) is 9.48. The van der Waals surface area contributed by atoms with Gasteiger partial charge in [0.05, 0.1) is 18.9 Å². The van der Waals surface area contributed by atoms with E-state index in [1.165, 1.54) is 0 Å². The van der Waals surface area contributed by atoms with Gasteiger partial charge in [0.1, 0.15) is 17.3 Å². The molecule has 2 heterocycles. The molecule has 0 spiro atoms. The van der Waals surface area contributed by atoms with E-state index in [1.807, 2.05) is 48.5 Å². The summed E-state index contributed by atoms with van der Waals surface area (Å²) in [4.78, 5) is 1.16. The van der Waals surface area contributed by atoms with Crippen LogP contribution in [0.15, 0.2) is 114 Å². The third-order valence-corrected chi connectivity index (χ3v) is 7.59. The van der Waals surface area contributed by atoms with E-state index in [-0.39, 0.29) is 0 Å². The molecule has 0 saturated heterocycles. The summed E-state index contributed by atoms with van der Waals surface area (Å²) in [6.07, 6.45) is 0. The lowest BCUT2D eigenvalue weighted by atomic mass is 9.99. The Labute approximate surface area is 214 Å². The Morgan fingerprint density at radius 3 is 1.58 bits per heavy atom. The number of rotatable bonds is 6. The minimum absolute atomic E-state index is 0.825. The van der Waals surface area contributed by atoms with Gasteiger partial charge in [-0.05, 0) is 53.1 Å². The Morgan fingerprint density at radius 2 is 1.03 bits per heavy atom. The molecular weight excluding hydrogens is 464 g/mol. The molecule has 0 bridgehead atoms. The van der Waals surface area contributed by atoms with Gasteiger partial charge in [-0.2, -0.15) is 0 Å². The van der Waals surface area contributed by atoms with Crippen molar-refractivity contribution in [3.63, 3.8) is 0 Å². The topological polar surface area (TPSA) is 31.6 Å². The molecule has 0 unspecified atom stereocenters. The predicted molar refractivity (Wildman–Crippen MR) is 149 cm³/mol. The lowest BCUT2D eigenvalue weighted by molar-refractivity contribution is 0.414. The number of fused-ring (bicyclic) bond motifs is 1. The zero-order chi connectivity index (χ0) is 24.5. The largest absolute Gasteiger partial charge is 0.497 e. The minimum Gasteiger partial charge on any atom is -0.497 e. The second-order valence-electron chi connectivity index (χ2n) is 8.46. The lowest BCUT2D eigenvalue weighted by Crippen LogP contribution is -1.85. The highest BCUT2D eigenvalue weighted by atomic mass is 32.1. The quantitative estimate of drug-likeness (QED) is 0.234. The van der Waals surface area contributed by atoms with Crippen molar-refractivity contribution < 1.29 is 13.9 Å². The van der Waals surface area contributed by atoms with Crippen LogP contribution in [0.4, 0.5) is 0 Å². The normalized spacial score (nSPS) is 11.1. The maximum atomic E-state index is 6.78. The van der Waals surface area contributed by atoms with Gasteiger partial charge in [0.15, 0.2) is 5.58 Å². The summed E-state index contributed by atoms with van der Waals surface area (Å²) in [5.41, 5.74) is 7.51. The zero-order valence-corrected chi connectivity index (χ0v) is 20.8. The van der Waals surface area contributed by atoms with Crippen molar-refractivity contribution in [3.05, 3.63) is 109 Å². The standard InChI is InChI=1S/C32H24O3S/c1-33-25-17-13-22(14-18-25)28-30-32(36-31(28)24-15-19-26(34-2)20-16-24)27(21-9-5-3-6-10-21)29(35-30)23-11-7-4-8-12-23/h3-20H,1-2H3. The van der Waals surface area contributed by atoms with Crippen molar-refractivity contribution in [1.82, 2.24) is 0 Å². The molecule has 0 radical (unpaired) electrons. The highest BCUT2D eigenvalue weighted by Crippen LogP contribution is 2.52. The van der Waals surface area contributed by atoms with E-state index in [1.54, 1.807) is 25.6 Å². The SMILES string of the molecule is COc1ccc(-c2sc3c(-c4ccccc4)c(-c4ccccc4)oc3c2-c2ccc(OC)cc2)cc1. The molecule has 0 saturated carbocycles. The number of methoxy groups -OCH3 is 2. The maximum Gasteiger partial charge on any atom is 0.154 e. The van der Waals surface area contributed by atoms with Crippen molar-refractivity contribution in [3.8, 4) is 55.5 Å². The fourth-order valence-electron chi connectivity index (χ4n) is 4.56. The van der Waals surface area contributed by atoms with E-state index in [0.29, 0.717) is 0 Å². The lowest BCUT2D eigenvalue weighted by Gasteiger charge is -2.08. The van der Waals surface area contributed by atoms with Gasteiger partial charge in [-0.25, -0.2) is 0 Å². The Hall–Kier alpha value is -4.28. The van der Waals surface area contributed by atoms with Gasteiger partial charge in [-0.3, -0.25) is 0 Å². The summed E-state index contributed by atoms with van der Waals surface area (Å²) in [7, 11) is 3.37. The van der Waals surface area contributed by atoms with Crippen LogP contribution >= 0.6 is 11.3 Å². The number of benzene rings is 4. The molecule has 6 rings (SSSR count). The van der Waals surface area contributed by atoms with E-state index in [0.717, 1.165) is 65.8 Å². The van der Waals surface area contributed by atoms with Crippen molar-refractivity contribution in [2.75, 3.05) is 14.2 Å². The minimum atomic E-state index is 0.825. The molecule has 176 valence electrons. The predicted octanol–water partition coefficient (Wildman–Crippen LogP) is 9.18. The molecule has 0 aliphatic heterocycles. The molecule has 0 aliphatic carbocycles. The van der Waals surface area contributed by atoms with Crippen LogP contribution in [0.1, 0.15) is 0 Å². The van der Waals surface area contributed by atoms with E-state index < -0.39 is 0 Å². The fourth-order valence-corrected chi connectivity index (χ4v) is 5.88. The first-order chi connectivity index (χ1) is 17.8. The Kier molecular flexibility index (Phi) is 5.80. The fraction of sp³-hybridized carbons (Fsp3) is 0.0625. The summed E-state index contributed by atoms with van der Waals surface area (Å²) in [5.74, 6) is 2.55. The van der Waals surface area contributed by atoms with Crippen LogP contribution in [0, 0.1) is 0 Å².